The number of ether oxygens (including phenoxy) is 1. The van der Waals surface area contributed by atoms with Crippen LogP contribution < -0.4 is 10.5 Å². The second-order valence-corrected chi connectivity index (χ2v) is 5.87. The molecule has 2 N–H and O–H groups in total. The second-order valence-electron chi connectivity index (χ2n) is 5.87. The molecule has 0 saturated heterocycles. The van der Waals surface area contributed by atoms with E-state index >= 15 is 0 Å². The van der Waals surface area contributed by atoms with E-state index in [1.165, 1.54) is 27.4 Å². The highest BCUT2D eigenvalue weighted by Gasteiger charge is 2.15. The standard InChI is InChI=1S/C20H23N3O.2C2H6/c1-5-16-13(2)20-18(10-14(16)12-22-3)17-11-15(24-9-8-21)6-7-19(17)23(20)4;2*1-2/h5-7,10-12H,1,8-9,21H2,2-4H3;2*1-2H3. The Bertz CT molecular complexity index is 952. The number of hydrogen-bond donors (Lipinski definition) is 1. The molecule has 0 aliphatic rings. The van der Waals surface area contributed by atoms with Crippen molar-refractivity contribution < 1.29 is 4.74 Å². The number of aryl methyl sites for hydroxylation is 2. The normalized spacial score (nSPS) is 10.4. The molecule has 4 nitrogen and oxygen atoms in total. The molecule has 4 heteroatoms. The Morgan fingerprint density at radius 2 is 1.82 bits per heavy atom. The van der Waals surface area contributed by atoms with Crippen molar-refractivity contribution in [3.8, 4) is 5.75 Å². The summed E-state index contributed by atoms with van der Waals surface area (Å²) in [6.45, 7) is 15.1. The highest BCUT2D eigenvalue weighted by Crippen LogP contribution is 2.35. The molecule has 152 valence electrons. The van der Waals surface area contributed by atoms with Crippen molar-refractivity contribution in [1.29, 1.82) is 0 Å². The molecule has 0 aliphatic carbocycles. The van der Waals surface area contributed by atoms with Gasteiger partial charge in [-0.15, -0.1) is 0 Å². The number of nitrogens with zero attached hydrogens (tertiary/aromatic N) is 2. The summed E-state index contributed by atoms with van der Waals surface area (Å²) in [6, 6.07) is 8.37. The van der Waals surface area contributed by atoms with Crippen LogP contribution in [-0.4, -0.2) is 31.0 Å². The van der Waals surface area contributed by atoms with E-state index in [0.717, 1.165) is 16.9 Å². The van der Waals surface area contributed by atoms with Crippen molar-refractivity contribution >= 4 is 34.1 Å². The largest absolute Gasteiger partial charge is 0.492 e. The van der Waals surface area contributed by atoms with Gasteiger partial charge in [0.25, 0.3) is 0 Å². The van der Waals surface area contributed by atoms with Crippen molar-refractivity contribution in [1.82, 2.24) is 4.57 Å². The molecule has 28 heavy (non-hydrogen) atoms. The van der Waals surface area contributed by atoms with Gasteiger partial charge in [-0.05, 0) is 42.3 Å². The molecule has 0 amide bonds. The molecule has 0 bridgehead atoms. The Morgan fingerprint density at radius 3 is 2.39 bits per heavy atom. The lowest BCUT2D eigenvalue weighted by Gasteiger charge is -2.09. The van der Waals surface area contributed by atoms with Crippen LogP contribution in [0, 0.1) is 6.92 Å². The van der Waals surface area contributed by atoms with Gasteiger partial charge in [0, 0.05) is 48.7 Å². The zero-order chi connectivity index (χ0) is 21.3. The molecular weight excluding hydrogens is 346 g/mol. The maximum atomic E-state index is 5.70. The fourth-order valence-electron chi connectivity index (χ4n) is 3.41. The lowest BCUT2D eigenvalue weighted by Crippen LogP contribution is -2.10. The third-order valence-corrected chi connectivity index (χ3v) is 4.44. The molecule has 0 unspecified atom stereocenters. The molecule has 0 spiro atoms. The van der Waals surface area contributed by atoms with Crippen molar-refractivity contribution in [2.75, 3.05) is 20.2 Å². The quantitative estimate of drug-likeness (QED) is 0.575. The maximum absolute atomic E-state index is 5.70. The predicted octanol–water partition coefficient (Wildman–Crippen LogP) is 5.72. The molecule has 0 fully saturated rings. The highest BCUT2D eigenvalue weighted by molar-refractivity contribution is 6.12. The lowest BCUT2D eigenvalue weighted by molar-refractivity contribution is 0.329. The van der Waals surface area contributed by atoms with Gasteiger partial charge in [-0.25, -0.2) is 0 Å². The molecule has 1 aromatic heterocycles. The topological polar surface area (TPSA) is 52.5 Å². The molecule has 3 rings (SSSR count). The van der Waals surface area contributed by atoms with Crippen LogP contribution in [0.2, 0.25) is 0 Å². The van der Waals surface area contributed by atoms with Gasteiger partial charge in [0.2, 0.25) is 0 Å². The van der Waals surface area contributed by atoms with E-state index in [2.05, 4.69) is 48.3 Å². The van der Waals surface area contributed by atoms with Gasteiger partial charge in [-0.1, -0.05) is 40.3 Å². The summed E-state index contributed by atoms with van der Waals surface area (Å²) in [7, 11) is 3.88. The van der Waals surface area contributed by atoms with Crippen molar-refractivity contribution in [3.63, 3.8) is 0 Å². The summed E-state index contributed by atoms with van der Waals surface area (Å²) >= 11 is 0. The van der Waals surface area contributed by atoms with E-state index in [0.29, 0.717) is 13.2 Å². The summed E-state index contributed by atoms with van der Waals surface area (Å²) in [5.74, 6) is 0.844. The van der Waals surface area contributed by atoms with Gasteiger partial charge >= 0.3 is 0 Å². The highest BCUT2D eigenvalue weighted by atomic mass is 16.5. The van der Waals surface area contributed by atoms with Gasteiger partial charge in [0.15, 0.2) is 0 Å². The number of aliphatic imine (C=N–C) groups is 1. The minimum atomic E-state index is 0.506. The summed E-state index contributed by atoms with van der Waals surface area (Å²) in [5, 5.41) is 2.37. The summed E-state index contributed by atoms with van der Waals surface area (Å²) in [4.78, 5) is 4.19. The first kappa shape index (κ1) is 23.4. The van der Waals surface area contributed by atoms with E-state index in [-0.39, 0.29) is 0 Å². The minimum Gasteiger partial charge on any atom is -0.492 e. The van der Waals surface area contributed by atoms with Crippen LogP contribution in [-0.2, 0) is 7.05 Å². The van der Waals surface area contributed by atoms with E-state index in [4.69, 9.17) is 10.5 Å². The Labute approximate surface area is 169 Å². The molecule has 0 atom stereocenters. The van der Waals surface area contributed by atoms with Gasteiger partial charge in [-0.3, -0.25) is 4.99 Å². The zero-order valence-electron chi connectivity index (χ0n) is 18.5. The van der Waals surface area contributed by atoms with Crippen LogP contribution in [0.3, 0.4) is 0 Å². The Hall–Kier alpha value is -2.59. The van der Waals surface area contributed by atoms with E-state index in [9.17, 15) is 0 Å². The van der Waals surface area contributed by atoms with Crippen LogP contribution in [0.5, 0.6) is 5.75 Å². The van der Waals surface area contributed by atoms with Crippen LogP contribution >= 0.6 is 0 Å². The molecule has 2 aromatic carbocycles. The number of rotatable bonds is 5. The van der Waals surface area contributed by atoms with Gasteiger partial charge < -0.3 is 15.0 Å². The number of aromatic nitrogens is 1. The van der Waals surface area contributed by atoms with Gasteiger partial charge in [0.1, 0.15) is 12.4 Å². The number of hydrogen-bond acceptors (Lipinski definition) is 3. The summed E-state index contributed by atoms with van der Waals surface area (Å²) in [6.07, 6.45) is 3.79. The Morgan fingerprint density at radius 1 is 1.14 bits per heavy atom. The van der Waals surface area contributed by atoms with Gasteiger partial charge in [-0.2, -0.15) is 0 Å². The van der Waals surface area contributed by atoms with Gasteiger partial charge in [0.05, 0.1) is 5.52 Å². The number of fused-ring (bicyclic) bond motifs is 3. The van der Waals surface area contributed by atoms with Crippen LogP contribution in [0.25, 0.3) is 27.9 Å². The van der Waals surface area contributed by atoms with Crippen LogP contribution in [0.15, 0.2) is 35.8 Å². The zero-order valence-corrected chi connectivity index (χ0v) is 18.5. The summed E-state index contributed by atoms with van der Waals surface area (Å²) < 4.78 is 7.93. The van der Waals surface area contributed by atoms with E-state index in [1.807, 2.05) is 46.1 Å². The Balaban J connectivity index is 0.000000921. The fourth-order valence-corrected chi connectivity index (χ4v) is 3.41. The third kappa shape index (κ3) is 4.45. The van der Waals surface area contributed by atoms with Crippen LogP contribution in [0.1, 0.15) is 44.4 Å². The first-order chi connectivity index (χ1) is 13.6. The molecule has 0 radical (unpaired) electrons. The van der Waals surface area contributed by atoms with Crippen molar-refractivity contribution in [2.45, 2.75) is 34.6 Å². The van der Waals surface area contributed by atoms with Crippen molar-refractivity contribution in [2.24, 2.45) is 17.8 Å². The average molecular weight is 382 g/mol. The molecule has 3 aromatic rings. The fraction of sp³-hybridized carbons (Fsp3) is 0.375. The molecular formula is C24H35N3O. The lowest BCUT2D eigenvalue weighted by atomic mass is 9.98. The van der Waals surface area contributed by atoms with E-state index in [1.54, 1.807) is 7.05 Å². The monoisotopic (exact) mass is 381 g/mol. The third-order valence-electron chi connectivity index (χ3n) is 4.44. The first-order valence-corrected chi connectivity index (χ1v) is 10.1. The average Bonchev–Trinajstić information content (AvgIpc) is 3.01. The van der Waals surface area contributed by atoms with Crippen LogP contribution in [0.4, 0.5) is 0 Å². The number of benzene rings is 2. The second kappa shape index (κ2) is 11.3. The maximum Gasteiger partial charge on any atom is 0.120 e. The molecule has 0 saturated carbocycles. The molecule has 1 heterocycles. The smallest absolute Gasteiger partial charge is 0.120 e. The predicted molar refractivity (Wildman–Crippen MR) is 126 cm³/mol. The summed E-state index contributed by atoms with van der Waals surface area (Å²) in [5.41, 5.74) is 11.3. The Kier molecular flexibility index (Phi) is 9.46. The van der Waals surface area contributed by atoms with E-state index < -0.39 is 0 Å². The van der Waals surface area contributed by atoms with Crippen molar-refractivity contribution in [3.05, 3.63) is 47.5 Å². The molecule has 0 aliphatic heterocycles. The minimum absolute atomic E-state index is 0.506. The first-order valence-electron chi connectivity index (χ1n) is 10.1. The SMILES string of the molecule is C=Cc1c(C=NC)cc2c3cc(OCCN)ccc3n(C)c2c1C.CC.CC. The number of nitrogens with two attached hydrogens (primary N) is 1.